The van der Waals surface area contributed by atoms with Crippen LogP contribution in [0.3, 0.4) is 0 Å². The third-order valence-corrected chi connectivity index (χ3v) is 2.64. The molecule has 0 heterocycles. The Labute approximate surface area is 54.4 Å². The Morgan fingerprint density at radius 1 is 1.22 bits per heavy atom. The molecule has 0 aromatic rings. The first-order valence-electron chi connectivity index (χ1n) is 3.60. The van der Waals surface area contributed by atoms with E-state index in [0.29, 0.717) is 12.8 Å². The van der Waals surface area contributed by atoms with E-state index in [1.807, 2.05) is 0 Å². The summed E-state index contributed by atoms with van der Waals surface area (Å²) < 4.78 is 13.1. The van der Waals surface area contributed by atoms with Gasteiger partial charge in [-0.15, -0.1) is 0 Å². The SMILES string of the molecule is NC12CCCC(F)(C1)C2. The van der Waals surface area contributed by atoms with Crippen LogP contribution in [0.5, 0.6) is 0 Å². The molecule has 3 aliphatic rings. The van der Waals surface area contributed by atoms with Gasteiger partial charge in [0.1, 0.15) is 5.67 Å². The highest BCUT2D eigenvalue weighted by Crippen LogP contribution is 2.52. The summed E-state index contributed by atoms with van der Waals surface area (Å²) in [7, 11) is 0. The predicted molar refractivity (Wildman–Crippen MR) is 33.8 cm³/mol. The molecule has 0 saturated heterocycles. The molecule has 0 aliphatic heterocycles. The topological polar surface area (TPSA) is 26.0 Å². The van der Waals surface area contributed by atoms with Gasteiger partial charge in [0, 0.05) is 5.54 Å². The van der Waals surface area contributed by atoms with Crippen LogP contribution in [-0.4, -0.2) is 11.2 Å². The Hall–Kier alpha value is -0.110. The van der Waals surface area contributed by atoms with E-state index in [0.717, 1.165) is 19.3 Å². The third-order valence-electron chi connectivity index (χ3n) is 2.64. The summed E-state index contributed by atoms with van der Waals surface area (Å²) in [5.74, 6) is 0. The molecule has 2 bridgehead atoms. The van der Waals surface area contributed by atoms with Crippen LogP contribution in [0.4, 0.5) is 4.39 Å². The normalized spacial score (nSPS) is 56.7. The molecule has 0 aromatic heterocycles. The van der Waals surface area contributed by atoms with Crippen LogP contribution in [-0.2, 0) is 0 Å². The molecule has 0 spiro atoms. The lowest BCUT2D eigenvalue weighted by atomic mass is 9.58. The molecular weight excluding hydrogens is 117 g/mol. The van der Waals surface area contributed by atoms with Gasteiger partial charge in [0.25, 0.3) is 0 Å². The van der Waals surface area contributed by atoms with E-state index >= 15 is 0 Å². The molecule has 9 heavy (non-hydrogen) atoms. The number of nitrogens with two attached hydrogens (primary N) is 1. The van der Waals surface area contributed by atoms with Crippen molar-refractivity contribution in [3.63, 3.8) is 0 Å². The van der Waals surface area contributed by atoms with Gasteiger partial charge in [-0.05, 0) is 32.1 Å². The smallest absolute Gasteiger partial charge is 0.114 e. The Balaban J connectivity index is 2.12. The first-order chi connectivity index (χ1) is 4.12. The quantitative estimate of drug-likeness (QED) is 0.525. The van der Waals surface area contributed by atoms with Crippen molar-refractivity contribution in [3.8, 4) is 0 Å². The molecule has 0 radical (unpaired) electrons. The van der Waals surface area contributed by atoms with Crippen LogP contribution < -0.4 is 5.73 Å². The standard InChI is InChI=1S/C7H12FN/c8-6-2-1-3-7(9,4-6)5-6/h1-5,9H2. The fraction of sp³-hybridized carbons (Fsp3) is 1.00. The highest BCUT2D eigenvalue weighted by atomic mass is 19.1. The fourth-order valence-electron chi connectivity index (χ4n) is 2.32. The van der Waals surface area contributed by atoms with E-state index < -0.39 is 5.67 Å². The number of hydrogen-bond acceptors (Lipinski definition) is 1. The number of halogens is 1. The molecule has 3 rings (SSSR count). The van der Waals surface area contributed by atoms with E-state index in [4.69, 9.17) is 5.73 Å². The minimum Gasteiger partial charge on any atom is -0.325 e. The maximum absolute atomic E-state index is 13.1. The minimum absolute atomic E-state index is 0.0903. The third kappa shape index (κ3) is 0.692. The number of alkyl halides is 1. The van der Waals surface area contributed by atoms with Gasteiger partial charge in [0.15, 0.2) is 0 Å². The van der Waals surface area contributed by atoms with E-state index in [2.05, 4.69) is 0 Å². The maximum atomic E-state index is 13.1. The molecule has 2 N–H and O–H groups in total. The first kappa shape index (κ1) is 5.66. The van der Waals surface area contributed by atoms with Crippen molar-refractivity contribution in [3.05, 3.63) is 0 Å². The Kier molecular flexibility index (Phi) is 0.825. The zero-order valence-corrected chi connectivity index (χ0v) is 5.49. The minimum atomic E-state index is -0.840. The summed E-state index contributed by atoms with van der Waals surface area (Å²) in [6.45, 7) is 0. The highest BCUT2D eigenvalue weighted by molar-refractivity contribution is 5.11. The van der Waals surface area contributed by atoms with Crippen molar-refractivity contribution in [1.82, 2.24) is 0 Å². The summed E-state index contributed by atoms with van der Waals surface area (Å²) >= 11 is 0. The molecule has 0 unspecified atom stereocenters. The van der Waals surface area contributed by atoms with Crippen molar-refractivity contribution in [1.29, 1.82) is 0 Å². The molecule has 3 aliphatic carbocycles. The second-order valence-electron chi connectivity index (χ2n) is 3.72. The second kappa shape index (κ2) is 1.31. The van der Waals surface area contributed by atoms with Gasteiger partial charge < -0.3 is 5.73 Å². The van der Waals surface area contributed by atoms with Gasteiger partial charge in [-0.1, -0.05) is 0 Å². The second-order valence-corrected chi connectivity index (χ2v) is 3.72. The first-order valence-corrected chi connectivity index (χ1v) is 3.60. The number of rotatable bonds is 0. The molecular formula is C7H12FN. The summed E-state index contributed by atoms with van der Waals surface area (Å²) in [6, 6.07) is 0. The number of fused-ring (bicyclic) bond motifs is 2. The zero-order chi connectivity index (χ0) is 6.54. The molecule has 1 nitrogen and oxygen atoms in total. The largest absolute Gasteiger partial charge is 0.325 e. The van der Waals surface area contributed by atoms with E-state index in [1.165, 1.54) is 0 Å². The summed E-state index contributed by atoms with van der Waals surface area (Å²) in [5.41, 5.74) is 4.86. The molecule has 3 saturated carbocycles. The van der Waals surface area contributed by atoms with Crippen LogP contribution >= 0.6 is 0 Å². The van der Waals surface area contributed by atoms with E-state index in [1.54, 1.807) is 0 Å². The average Bonchev–Trinajstić information content (AvgIpc) is 1.59. The van der Waals surface area contributed by atoms with Gasteiger partial charge in [0.05, 0.1) is 0 Å². The molecule has 0 atom stereocenters. The predicted octanol–water partition coefficient (Wildman–Crippen LogP) is 1.37. The van der Waals surface area contributed by atoms with Crippen molar-refractivity contribution < 1.29 is 4.39 Å². The van der Waals surface area contributed by atoms with Gasteiger partial charge in [-0.2, -0.15) is 0 Å². The van der Waals surface area contributed by atoms with E-state index in [-0.39, 0.29) is 5.54 Å². The Morgan fingerprint density at radius 3 is 2.22 bits per heavy atom. The molecule has 0 aromatic carbocycles. The lowest BCUT2D eigenvalue weighted by molar-refractivity contribution is -0.0580. The van der Waals surface area contributed by atoms with E-state index in [9.17, 15) is 4.39 Å². The highest BCUT2D eigenvalue weighted by Gasteiger charge is 2.55. The monoisotopic (exact) mass is 129 g/mol. The maximum Gasteiger partial charge on any atom is 0.114 e. The lowest BCUT2D eigenvalue weighted by Gasteiger charge is -2.54. The lowest BCUT2D eigenvalue weighted by Crippen LogP contribution is -2.62. The van der Waals surface area contributed by atoms with Crippen molar-refractivity contribution in [2.24, 2.45) is 5.73 Å². The molecule has 0 amide bonds. The summed E-state index contributed by atoms with van der Waals surface area (Å²) in [6.07, 6.45) is 4.04. The molecule has 2 heteroatoms. The fourth-order valence-corrected chi connectivity index (χ4v) is 2.32. The van der Waals surface area contributed by atoms with Gasteiger partial charge in [-0.3, -0.25) is 0 Å². The zero-order valence-electron chi connectivity index (χ0n) is 5.49. The van der Waals surface area contributed by atoms with Crippen molar-refractivity contribution >= 4 is 0 Å². The van der Waals surface area contributed by atoms with Gasteiger partial charge >= 0.3 is 0 Å². The summed E-state index contributed by atoms with van der Waals surface area (Å²) in [4.78, 5) is 0. The van der Waals surface area contributed by atoms with Crippen LogP contribution in [0.15, 0.2) is 0 Å². The van der Waals surface area contributed by atoms with Gasteiger partial charge in [-0.25, -0.2) is 4.39 Å². The Morgan fingerprint density at radius 2 is 1.89 bits per heavy atom. The van der Waals surface area contributed by atoms with Crippen LogP contribution in [0.2, 0.25) is 0 Å². The molecule has 52 valence electrons. The van der Waals surface area contributed by atoms with Crippen LogP contribution in [0.1, 0.15) is 32.1 Å². The van der Waals surface area contributed by atoms with Crippen LogP contribution in [0.25, 0.3) is 0 Å². The molecule has 3 fully saturated rings. The average molecular weight is 129 g/mol. The van der Waals surface area contributed by atoms with Crippen molar-refractivity contribution in [2.45, 2.75) is 43.3 Å². The van der Waals surface area contributed by atoms with Crippen molar-refractivity contribution in [2.75, 3.05) is 0 Å². The Bertz CT molecular complexity index is 124. The van der Waals surface area contributed by atoms with Gasteiger partial charge in [0.2, 0.25) is 0 Å². The number of hydrogen-bond donors (Lipinski definition) is 1. The van der Waals surface area contributed by atoms with Crippen LogP contribution in [0, 0.1) is 0 Å². The summed E-state index contributed by atoms with van der Waals surface area (Å²) in [5, 5.41) is 0.